The summed E-state index contributed by atoms with van der Waals surface area (Å²) < 4.78 is 0. The summed E-state index contributed by atoms with van der Waals surface area (Å²) in [5.74, 6) is -0.801. The van der Waals surface area contributed by atoms with Gasteiger partial charge in [-0.05, 0) is 42.4 Å². The van der Waals surface area contributed by atoms with Gasteiger partial charge in [-0.15, -0.1) is 0 Å². The average molecular weight is 411 g/mol. The molecule has 2 aromatic rings. The van der Waals surface area contributed by atoms with Crippen molar-refractivity contribution < 1.29 is 14.4 Å². The number of hydrogen-bond acceptors (Lipinski definition) is 4. The van der Waals surface area contributed by atoms with E-state index in [1.54, 1.807) is 18.2 Å². The Morgan fingerprint density at radius 2 is 1.37 bits per heavy atom. The zero-order valence-corrected chi connectivity index (χ0v) is 18.0. The maximum atomic E-state index is 12.8. The molecule has 0 aliphatic heterocycles. The molecule has 3 amide bonds. The molecule has 0 aliphatic carbocycles. The van der Waals surface area contributed by atoms with Crippen LogP contribution in [0.25, 0.3) is 0 Å². The minimum atomic E-state index is -0.286. The fourth-order valence-electron chi connectivity index (χ4n) is 3.16. The Morgan fingerprint density at radius 3 is 1.87 bits per heavy atom. The summed E-state index contributed by atoms with van der Waals surface area (Å²) >= 11 is 0. The van der Waals surface area contributed by atoms with Gasteiger partial charge in [-0.3, -0.25) is 19.3 Å². The predicted octanol–water partition coefficient (Wildman–Crippen LogP) is 3.38. The molecular formula is C23H30N4O3. The highest BCUT2D eigenvalue weighted by Crippen LogP contribution is 2.20. The Bertz CT molecular complexity index is 873. The standard InChI is InChI=1S/C23H30N4O3/c1-5-27(6-2)15-19-10-8-7-9-18(19)14-24-23(30)20-11-21(25-16(3)28)13-22(12-20)26-17(4)29/h7-13H,5-6,14-15H2,1-4H3,(H,24,30)(H,25,28)(H,26,29). The predicted molar refractivity (Wildman–Crippen MR) is 119 cm³/mol. The van der Waals surface area contributed by atoms with Crippen LogP contribution >= 0.6 is 0 Å². The first-order valence-electron chi connectivity index (χ1n) is 10.1. The first-order valence-corrected chi connectivity index (χ1v) is 10.1. The van der Waals surface area contributed by atoms with Crippen LogP contribution in [-0.4, -0.2) is 35.7 Å². The molecule has 0 radical (unpaired) electrons. The zero-order valence-electron chi connectivity index (χ0n) is 18.0. The Morgan fingerprint density at radius 1 is 0.833 bits per heavy atom. The highest BCUT2D eigenvalue weighted by molar-refractivity contribution is 5.99. The molecule has 0 heterocycles. The van der Waals surface area contributed by atoms with Gasteiger partial charge in [0.15, 0.2) is 0 Å². The second-order valence-electron chi connectivity index (χ2n) is 7.07. The number of hydrogen-bond donors (Lipinski definition) is 3. The summed E-state index contributed by atoms with van der Waals surface area (Å²) in [7, 11) is 0. The van der Waals surface area contributed by atoms with E-state index in [4.69, 9.17) is 0 Å². The largest absolute Gasteiger partial charge is 0.348 e. The van der Waals surface area contributed by atoms with Crippen molar-refractivity contribution in [1.29, 1.82) is 0 Å². The van der Waals surface area contributed by atoms with Gasteiger partial charge in [-0.1, -0.05) is 38.1 Å². The van der Waals surface area contributed by atoms with Crippen LogP contribution in [0.2, 0.25) is 0 Å². The number of nitrogens with zero attached hydrogens (tertiary/aromatic N) is 1. The quantitative estimate of drug-likeness (QED) is 0.591. The van der Waals surface area contributed by atoms with Gasteiger partial charge in [0.2, 0.25) is 11.8 Å². The van der Waals surface area contributed by atoms with Gasteiger partial charge in [-0.2, -0.15) is 0 Å². The molecular weight excluding hydrogens is 380 g/mol. The third-order valence-electron chi connectivity index (χ3n) is 4.68. The molecule has 0 atom stereocenters. The monoisotopic (exact) mass is 410 g/mol. The molecule has 7 heteroatoms. The first kappa shape index (κ1) is 23.1. The lowest BCUT2D eigenvalue weighted by molar-refractivity contribution is -0.115. The van der Waals surface area contributed by atoms with Crippen molar-refractivity contribution in [2.45, 2.75) is 40.8 Å². The van der Waals surface area contributed by atoms with Crippen LogP contribution in [0.4, 0.5) is 11.4 Å². The Kier molecular flexibility index (Phi) is 8.55. The van der Waals surface area contributed by atoms with Crippen LogP contribution in [0.3, 0.4) is 0 Å². The summed E-state index contributed by atoms with van der Waals surface area (Å²) in [5, 5.41) is 8.25. The number of rotatable bonds is 9. The van der Waals surface area contributed by atoms with E-state index >= 15 is 0 Å². The lowest BCUT2D eigenvalue weighted by Gasteiger charge is -2.20. The van der Waals surface area contributed by atoms with Gasteiger partial charge in [-0.25, -0.2) is 0 Å². The van der Waals surface area contributed by atoms with Gasteiger partial charge < -0.3 is 16.0 Å². The summed E-state index contributed by atoms with van der Waals surface area (Å²) in [6.07, 6.45) is 0. The van der Waals surface area contributed by atoms with E-state index in [9.17, 15) is 14.4 Å². The van der Waals surface area contributed by atoms with E-state index in [1.165, 1.54) is 19.4 Å². The third kappa shape index (κ3) is 7.00. The Balaban J connectivity index is 2.18. The number of nitrogens with one attached hydrogen (secondary N) is 3. The third-order valence-corrected chi connectivity index (χ3v) is 4.68. The van der Waals surface area contributed by atoms with Crippen LogP contribution in [0.1, 0.15) is 49.2 Å². The highest BCUT2D eigenvalue weighted by Gasteiger charge is 2.12. The lowest BCUT2D eigenvalue weighted by atomic mass is 10.1. The SMILES string of the molecule is CCN(CC)Cc1ccccc1CNC(=O)c1cc(NC(C)=O)cc(NC(C)=O)c1. The van der Waals surface area contributed by atoms with Gasteiger partial charge >= 0.3 is 0 Å². The molecule has 30 heavy (non-hydrogen) atoms. The molecule has 2 rings (SSSR count). The van der Waals surface area contributed by atoms with E-state index in [0.29, 0.717) is 23.5 Å². The number of carbonyl (C=O) groups excluding carboxylic acids is 3. The van der Waals surface area contributed by atoms with Crippen molar-refractivity contribution in [3.63, 3.8) is 0 Å². The van der Waals surface area contributed by atoms with E-state index in [0.717, 1.165) is 25.2 Å². The van der Waals surface area contributed by atoms with Crippen molar-refractivity contribution in [1.82, 2.24) is 10.2 Å². The van der Waals surface area contributed by atoms with Crippen molar-refractivity contribution >= 4 is 29.1 Å². The normalized spacial score (nSPS) is 10.6. The summed E-state index contributed by atoms with van der Waals surface area (Å²) in [6, 6.07) is 12.8. The molecule has 0 spiro atoms. The summed E-state index contributed by atoms with van der Waals surface area (Å²) in [5.41, 5.74) is 3.47. The Labute approximate surface area is 177 Å². The van der Waals surface area contributed by atoms with Gasteiger partial charge in [0, 0.05) is 43.9 Å². The molecule has 0 unspecified atom stereocenters. The van der Waals surface area contributed by atoms with E-state index < -0.39 is 0 Å². The van der Waals surface area contributed by atoms with Crippen molar-refractivity contribution in [2.75, 3.05) is 23.7 Å². The summed E-state index contributed by atoms with van der Waals surface area (Å²) in [6.45, 7) is 10.2. The van der Waals surface area contributed by atoms with Gasteiger partial charge in [0.25, 0.3) is 5.91 Å². The minimum Gasteiger partial charge on any atom is -0.348 e. The minimum absolute atomic E-state index is 0.258. The number of benzene rings is 2. The fraction of sp³-hybridized carbons (Fsp3) is 0.348. The number of anilines is 2. The molecule has 160 valence electrons. The molecule has 0 saturated heterocycles. The molecule has 0 aliphatic rings. The second kappa shape index (κ2) is 11.1. The van der Waals surface area contributed by atoms with E-state index in [1.807, 2.05) is 18.2 Å². The smallest absolute Gasteiger partial charge is 0.251 e. The highest BCUT2D eigenvalue weighted by atomic mass is 16.2. The number of carbonyl (C=O) groups is 3. The molecule has 3 N–H and O–H groups in total. The van der Waals surface area contributed by atoms with Crippen molar-refractivity contribution in [3.8, 4) is 0 Å². The van der Waals surface area contributed by atoms with Crippen molar-refractivity contribution in [3.05, 3.63) is 59.2 Å². The van der Waals surface area contributed by atoms with Gasteiger partial charge in [0.05, 0.1) is 0 Å². The van der Waals surface area contributed by atoms with Crippen LogP contribution in [0, 0.1) is 0 Å². The van der Waals surface area contributed by atoms with Crippen molar-refractivity contribution in [2.24, 2.45) is 0 Å². The first-order chi connectivity index (χ1) is 14.3. The van der Waals surface area contributed by atoms with Crippen LogP contribution in [0.5, 0.6) is 0 Å². The topological polar surface area (TPSA) is 90.5 Å². The van der Waals surface area contributed by atoms with Gasteiger partial charge in [0.1, 0.15) is 0 Å². The van der Waals surface area contributed by atoms with Crippen LogP contribution in [-0.2, 0) is 22.7 Å². The molecule has 7 nitrogen and oxygen atoms in total. The van der Waals surface area contributed by atoms with Crippen LogP contribution < -0.4 is 16.0 Å². The Hall–Kier alpha value is -3.19. The van der Waals surface area contributed by atoms with E-state index in [-0.39, 0.29) is 17.7 Å². The molecule has 0 saturated carbocycles. The maximum Gasteiger partial charge on any atom is 0.251 e. The average Bonchev–Trinajstić information content (AvgIpc) is 2.69. The molecule has 0 aromatic heterocycles. The molecule has 0 bridgehead atoms. The maximum absolute atomic E-state index is 12.8. The number of amides is 3. The van der Waals surface area contributed by atoms with E-state index in [2.05, 4.69) is 40.8 Å². The summed E-state index contributed by atoms with van der Waals surface area (Å²) in [4.78, 5) is 37.9. The zero-order chi connectivity index (χ0) is 22.1. The molecule has 2 aromatic carbocycles. The van der Waals surface area contributed by atoms with Crippen LogP contribution in [0.15, 0.2) is 42.5 Å². The fourth-order valence-corrected chi connectivity index (χ4v) is 3.16. The lowest BCUT2D eigenvalue weighted by Crippen LogP contribution is -2.26. The second-order valence-corrected chi connectivity index (χ2v) is 7.07. The molecule has 0 fully saturated rings.